The topological polar surface area (TPSA) is 187 Å². The van der Waals surface area contributed by atoms with Crippen LogP contribution in [0.1, 0.15) is 92.7 Å². The molecule has 5 N–H and O–H groups in total. The Morgan fingerprint density at radius 3 is 1.91 bits per heavy atom. The van der Waals surface area contributed by atoms with E-state index in [0.29, 0.717) is 18.5 Å². The lowest BCUT2D eigenvalue weighted by Crippen LogP contribution is -2.59. The number of benzene rings is 1. The van der Waals surface area contributed by atoms with Crippen molar-refractivity contribution >= 4 is 29.6 Å². The van der Waals surface area contributed by atoms with Gasteiger partial charge in [0.25, 0.3) is 0 Å². The van der Waals surface area contributed by atoms with Gasteiger partial charge < -0.3 is 45.4 Å². The van der Waals surface area contributed by atoms with Crippen LogP contribution in [0.15, 0.2) is 30.3 Å². The first-order chi connectivity index (χ1) is 27.0. The molecule has 14 nitrogen and oxygen atoms in total. The van der Waals surface area contributed by atoms with E-state index in [1.807, 2.05) is 71.9 Å². The summed E-state index contributed by atoms with van der Waals surface area (Å²) in [5, 5.41) is 26.9. The Hall–Kier alpha value is -3.80. The van der Waals surface area contributed by atoms with E-state index in [2.05, 4.69) is 16.0 Å². The molecule has 0 saturated carbocycles. The molecule has 332 valence electrons. The summed E-state index contributed by atoms with van der Waals surface area (Å²) in [7, 11) is 6.57. The summed E-state index contributed by atoms with van der Waals surface area (Å²) >= 11 is 0. The number of rotatable bonds is 20. The Labute approximate surface area is 341 Å². The van der Waals surface area contributed by atoms with Gasteiger partial charge in [-0.15, -0.1) is 0 Å². The molecule has 1 aliphatic rings. The van der Waals surface area contributed by atoms with Gasteiger partial charge in [-0.2, -0.15) is 13.2 Å². The molecule has 58 heavy (non-hydrogen) atoms. The van der Waals surface area contributed by atoms with Crippen LogP contribution in [0.4, 0.5) is 13.2 Å². The first kappa shape index (κ1) is 52.2. The Morgan fingerprint density at radius 2 is 1.47 bits per heavy atom. The van der Waals surface area contributed by atoms with Gasteiger partial charge in [0.2, 0.25) is 23.6 Å². The van der Waals surface area contributed by atoms with Crippen LogP contribution in [0.2, 0.25) is 0 Å². The van der Waals surface area contributed by atoms with Gasteiger partial charge in [0.15, 0.2) is 0 Å². The first-order valence-electron chi connectivity index (χ1n) is 19.9. The monoisotopic (exact) mass is 831 g/mol. The van der Waals surface area contributed by atoms with Crippen molar-refractivity contribution in [3.8, 4) is 0 Å². The number of halogens is 3. The molecule has 4 amide bonds. The van der Waals surface area contributed by atoms with Crippen LogP contribution >= 0.6 is 0 Å². The molecule has 10 atom stereocenters. The van der Waals surface area contributed by atoms with E-state index in [1.54, 1.807) is 52.0 Å². The number of methoxy groups -OCH3 is 2. The molecule has 1 aromatic rings. The van der Waals surface area contributed by atoms with Crippen molar-refractivity contribution < 1.29 is 56.8 Å². The minimum Gasteiger partial charge on any atom is -0.475 e. The van der Waals surface area contributed by atoms with Crippen LogP contribution in [0.5, 0.6) is 0 Å². The highest BCUT2D eigenvalue weighted by molar-refractivity contribution is 5.90. The van der Waals surface area contributed by atoms with E-state index < -0.39 is 60.5 Å². The van der Waals surface area contributed by atoms with Crippen molar-refractivity contribution in [2.24, 2.45) is 23.7 Å². The van der Waals surface area contributed by atoms with E-state index in [9.17, 15) is 37.5 Å². The summed E-state index contributed by atoms with van der Waals surface area (Å²) in [4.78, 5) is 67.2. The molecule has 1 saturated heterocycles. The minimum absolute atomic E-state index is 0.0148. The van der Waals surface area contributed by atoms with Crippen molar-refractivity contribution in [3.05, 3.63) is 35.9 Å². The lowest BCUT2D eigenvalue weighted by Gasteiger charge is -2.41. The van der Waals surface area contributed by atoms with Crippen LogP contribution in [-0.4, -0.2) is 133 Å². The smallest absolute Gasteiger partial charge is 0.475 e. The highest BCUT2D eigenvalue weighted by Gasteiger charge is 2.43. The quantitative estimate of drug-likeness (QED) is 0.128. The Bertz CT molecular complexity index is 1450. The second-order valence-corrected chi connectivity index (χ2v) is 15.8. The van der Waals surface area contributed by atoms with E-state index in [-0.39, 0.29) is 53.8 Å². The van der Waals surface area contributed by atoms with Gasteiger partial charge in [-0.3, -0.25) is 19.2 Å². The molecule has 2 rings (SSSR count). The zero-order chi connectivity index (χ0) is 44.7. The fraction of sp³-hybridized carbons (Fsp3) is 0.732. The van der Waals surface area contributed by atoms with Gasteiger partial charge in [-0.1, -0.05) is 85.2 Å². The maximum Gasteiger partial charge on any atom is 0.490 e. The summed E-state index contributed by atoms with van der Waals surface area (Å²) in [5.74, 6) is -4.38. The molecule has 0 aliphatic carbocycles. The van der Waals surface area contributed by atoms with Crippen LogP contribution < -0.4 is 16.0 Å². The Balaban J connectivity index is 0.00000219. The highest BCUT2D eigenvalue weighted by atomic mass is 19.4. The number of nitrogens with zero attached hydrogens (tertiary/aromatic N) is 2. The molecule has 1 fully saturated rings. The molecule has 0 aromatic heterocycles. The van der Waals surface area contributed by atoms with Crippen molar-refractivity contribution in [2.45, 2.75) is 136 Å². The first-order valence-corrected chi connectivity index (χ1v) is 19.9. The predicted octanol–water partition coefficient (Wildman–Crippen LogP) is 4.16. The number of carbonyl (C=O) groups excluding carboxylic acids is 4. The van der Waals surface area contributed by atoms with Crippen molar-refractivity contribution in [1.29, 1.82) is 0 Å². The Morgan fingerprint density at radius 1 is 0.914 bits per heavy atom. The number of nitrogens with one attached hydrogen (secondary N) is 3. The van der Waals surface area contributed by atoms with Crippen molar-refractivity contribution in [1.82, 2.24) is 25.8 Å². The maximum atomic E-state index is 14.1. The zero-order valence-corrected chi connectivity index (χ0v) is 36.1. The summed E-state index contributed by atoms with van der Waals surface area (Å²) in [6, 6.07) is 6.67. The fourth-order valence-electron chi connectivity index (χ4n) is 7.42. The Kier molecular flexibility index (Phi) is 21.9. The molecule has 1 aromatic carbocycles. The lowest BCUT2D eigenvalue weighted by atomic mass is 9.89. The average molecular weight is 832 g/mol. The van der Waals surface area contributed by atoms with Crippen molar-refractivity contribution in [2.75, 3.05) is 34.9 Å². The van der Waals surface area contributed by atoms with Gasteiger partial charge in [0.05, 0.1) is 54.8 Å². The second kappa shape index (κ2) is 24.3. The van der Waals surface area contributed by atoms with Crippen molar-refractivity contribution in [3.63, 3.8) is 0 Å². The standard InChI is InChI=1S/C39H67N5O7.C2HF3O2/c1-13-25(6)34(43(10)39(49)33(24(4)5)42-38(48)32(40-9)23(2)3)30(50-11)22-31(45)44-21-17-20-29(44)36(51-12)26(7)37(47)41-27(8)35(46)28-18-15-14-16-19-28;3-2(4,5)1(6)7/h14-16,18-19,23-27,29-30,32-36,40,46H,13,17,20-22H2,1-12H3,(H,41,47)(H,42,48);(H,6,7)/t25-,26+,27+,29-,30+,32-,33-,34-,35+,36+;/m0./s1. The summed E-state index contributed by atoms with van der Waals surface area (Å²) in [6.07, 6.45) is -4.94. The number of carbonyl (C=O) groups is 5. The van der Waals surface area contributed by atoms with Crippen LogP contribution in [0.3, 0.4) is 0 Å². The number of carboxylic acid groups (broad SMARTS) is 1. The number of alkyl halides is 3. The molecule has 0 bridgehead atoms. The maximum absolute atomic E-state index is 14.1. The molecule has 0 spiro atoms. The summed E-state index contributed by atoms with van der Waals surface area (Å²) < 4.78 is 43.6. The molecule has 17 heteroatoms. The number of aliphatic hydroxyl groups is 1. The number of ether oxygens (including phenoxy) is 2. The third-order valence-electron chi connectivity index (χ3n) is 11.0. The van der Waals surface area contributed by atoms with E-state index in [4.69, 9.17) is 19.4 Å². The number of likely N-dealkylation sites (N-methyl/N-ethyl adjacent to an activating group) is 2. The summed E-state index contributed by atoms with van der Waals surface area (Å²) in [5.41, 5.74) is 0.711. The number of hydrogen-bond donors (Lipinski definition) is 5. The van der Waals surface area contributed by atoms with Gasteiger partial charge in [0.1, 0.15) is 6.04 Å². The van der Waals surface area contributed by atoms with Crippen LogP contribution in [0.25, 0.3) is 0 Å². The normalized spacial score (nSPS) is 19.1. The van der Waals surface area contributed by atoms with Gasteiger partial charge in [-0.05, 0) is 50.1 Å². The second-order valence-electron chi connectivity index (χ2n) is 15.8. The molecular formula is C41H68F3N5O9. The molecule has 1 aliphatic heterocycles. The highest BCUT2D eigenvalue weighted by Crippen LogP contribution is 2.30. The molecule has 1 heterocycles. The van der Waals surface area contributed by atoms with Crippen LogP contribution in [-0.2, 0) is 33.4 Å². The van der Waals surface area contributed by atoms with Gasteiger partial charge >= 0.3 is 12.1 Å². The van der Waals surface area contributed by atoms with E-state index in [1.165, 1.54) is 0 Å². The number of hydrogen-bond acceptors (Lipinski definition) is 9. The fourth-order valence-corrected chi connectivity index (χ4v) is 7.42. The zero-order valence-electron chi connectivity index (χ0n) is 36.1. The average Bonchev–Trinajstić information content (AvgIpc) is 3.66. The lowest BCUT2D eigenvalue weighted by molar-refractivity contribution is -0.192. The van der Waals surface area contributed by atoms with Crippen LogP contribution in [0, 0.1) is 23.7 Å². The van der Waals surface area contributed by atoms with Gasteiger partial charge in [-0.25, -0.2) is 4.79 Å². The minimum atomic E-state index is -5.08. The molecule has 0 radical (unpaired) electrons. The largest absolute Gasteiger partial charge is 0.490 e. The summed E-state index contributed by atoms with van der Waals surface area (Å²) in [6.45, 7) is 15.9. The number of aliphatic hydroxyl groups excluding tert-OH is 1. The third-order valence-corrected chi connectivity index (χ3v) is 11.0. The number of carboxylic acids is 1. The molecular weight excluding hydrogens is 763 g/mol. The third kappa shape index (κ3) is 14.8. The number of amides is 4. The van der Waals surface area contributed by atoms with Gasteiger partial charge in [0, 0.05) is 27.8 Å². The predicted molar refractivity (Wildman–Crippen MR) is 213 cm³/mol. The molecule has 0 unspecified atom stereocenters. The van der Waals surface area contributed by atoms with E-state index >= 15 is 0 Å². The van der Waals surface area contributed by atoms with E-state index in [0.717, 1.165) is 12.8 Å². The number of likely N-dealkylation sites (tertiary alicyclic amines) is 1. The SMILES string of the molecule is CC[C@H](C)[C@@H]([C@@H](CC(=O)N1CCC[C@H]1[C@H](OC)[C@@H](C)C(=O)N[C@H](C)[C@@H](O)c1ccccc1)OC)N(C)C(=O)[C@@H](NC(=O)[C@@H](NC)C(C)C)C(C)C.O=C(O)C(F)(F)F. The number of aliphatic carboxylic acids is 1.